The minimum atomic E-state index is -0.953. The first kappa shape index (κ1) is 18.1. The van der Waals surface area contributed by atoms with Crippen molar-refractivity contribution < 1.29 is 19.1 Å². The molecule has 5 heteroatoms. The topological polar surface area (TPSA) is 66.4 Å². The second-order valence-electron chi connectivity index (χ2n) is 6.83. The van der Waals surface area contributed by atoms with E-state index in [4.69, 9.17) is 5.11 Å². The Kier molecular flexibility index (Phi) is 5.66. The number of carboxylic acids is 1. The lowest BCUT2D eigenvalue weighted by atomic mass is 9.97. The number of carbonyl (C=O) groups excluding carboxylic acids is 1. The fourth-order valence-corrected chi connectivity index (χ4v) is 3.52. The summed E-state index contributed by atoms with van der Waals surface area (Å²) in [7, 11) is 0. The van der Waals surface area contributed by atoms with E-state index in [-0.39, 0.29) is 23.3 Å². The van der Waals surface area contributed by atoms with Crippen molar-refractivity contribution >= 4 is 11.9 Å². The van der Waals surface area contributed by atoms with E-state index in [0.717, 1.165) is 30.4 Å². The first-order valence-electron chi connectivity index (χ1n) is 8.88. The number of rotatable bonds is 6. The highest BCUT2D eigenvalue weighted by molar-refractivity contribution is 5.87. The summed E-state index contributed by atoms with van der Waals surface area (Å²) in [4.78, 5) is 23.0. The van der Waals surface area contributed by atoms with E-state index in [9.17, 15) is 14.0 Å². The Hall–Kier alpha value is -2.69. The van der Waals surface area contributed by atoms with Crippen LogP contribution in [0.4, 0.5) is 4.39 Å². The number of aryl methyl sites for hydroxylation is 1. The third kappa shape index (κ3) is 4.69. The standard InChI is InChI=1S/C21H22FNO3/c22-18-9-6-15(7-10-18)17-8-11-19(13-17)23-20(24)12-3-14-1-4-16(5-2-14)21(25)26/h1-2,4-7,9-10,17,19H,3,8,11-13H2,(H,23,24)(H,25,26). The summed E-state index contributed by atoms with van der Waals surface area (Å²) in [5.74, 6) is -0.805. The summed E-state index contributed by atoms with van der Waals surface area (Å²) in [6, 6.07) is 13.4. The minimum absolute atomic E-state index is 0.0112. The van der Waals surface area contributed by atoms with Crippen molar-refractivity contribution in [2.24, 2.45) is 0 Å². The molecule has 1 fully saturated rings. The monoisotopic (exact) mass is 355 g/mol. The first-order chi connectivity index (χ1) is 12.5. The van der Waals surface area contributed by atoms with Crippen LogP contribution in [0, 0.1) is 5.82 Å². The minimum Gasteiger partial charge on any atom is -0.478 e. The average Bonchev–Trinajstić information content (AvgIpc) is 3.09. The quantitative estimate of drug-likeness (QED) is 0.826. The number of nitrogens with one attached hydrogen (secondary N) is 1. The van der Waals surface area contributed by atoms with E-state index in [2.05, 4.69) is 5.32 Å². The molecule has 1 saturated carbocycles. The number of benzene rings is 2. The van der Waals surface area contributed by atoms with Gasteiger partial charge in [-0.3, -0.25) is 4.79 Å². The van der Waals surface area contributed by atoms with E-state index in [1.165, 1.54) is 12.1 Å². The van der Waals surface area contributed by atoms with Crippen LogP contribution in [0.5, 0.6) is 0 Å². The van der Waals surface area contributed by atoms with Gasteiger partial charge in [-0.25, -0.2) is 9.18 Å². The van der Waals surface area contributed by atoms with Crippen molar-refractivity contribution in [2.75, 3.05) is 0 Å². The van der Waals surface area contributed by atoms with E-state index >= 15 is 0 Å². The van der Waals surface area contributed by atoms with Crippen LogP contribution in [0.1, 0.15) is 53.1 Å². The summed E-state index contributed by atoms with van der Waals surface area (Å²) >= 11 is 0. The van der Waals surface area contributed by atoms with E-state index in [1.807, 2.05) is 12.1 Å². The van der Waals surface area contributed by atoms with Gasteiger partial charge in [0.15, 0.2) is 0 Å². The Balaban J connectivity index is 1.45. The van der Waals surface area contributed by atoms with Gasteiger partial charge in [-0.15, -0.1) is 0 Å². The molecule has 2 unspecified atom stereocenters. The molecule has 0 spiro atoms. The van der Waals surface area contributed by atoms with Gasteiger partial charge in [-0.05, 0) is 67.0 Å². The molecule has 2 N–H and O–H groups in total. The number of carbonyl (C=O) groups is 2. The summed E-state index contributed by atoms with van der Waals surface area (Å²) < 4.78 is 13.0. The third-order valence-corrected chi connectivity index (χ3v) is 4.98. The zero-order valence-electron chi connectivity index (χ0n) is 14.5. The molecule has 0 aliphatic heterocycles. The molecule has 1 aliphatic carbocycles. The zero-order chi connectivity index (χ0) is 18.5. The molecule has 0 radical (unpaired) electrons. The second kappa shape index (κ2) is 8.13. The van der Waals surface area contributed by atoms with Gasteiger partial charge in [-0.1, -0.05) is 24.3 Å². The van der Waals surface area contributed by atoms with Crippen LogP contribution in [0.25, 0.3) is 0 Å². The fourth-order valence-electron chi connectivity index (χ4n) is 3.52. The van der Waals surface area contributed by atoms with Crippen molar-refractivity contribution in [1.29, 1.82) is 0 Å². The van der Waals surface area contributed by atoms with Gasteiger partial charge in [0.25, 0.3) is 0 Å². The normalized spacial score (nSPS) is 19.3. The van der Waals surface area contributed by atoms with Crippen LogP contribution < -0.4 is 5.32 Å². The molecule has 2 aromatic carbocycles. The van der Waals surface area contributed by atoms with Crippen LogP contribution in [-0.4, -0.2) is 23.0 Å². The second-order valence-corrected chi connectivity index (χ2v) is 6.83. The summed E-state index contributed by atoms with van der Waals surface area (Å²) in [5, 5.41) is 12.0. The van der Waals surface area contributed by atoms with Crippen LogP contribution in [0.2, 0.25) is 0 Å². The summed E-state index contributed by atoms with van der Waals surface area (Å²) in [6.45, 7) is 0. The third-order valence-electron chi connectivity index (χ3n) is 4.98. The molecule has 3 rings (SSSR count). The lowest BCUT2D eigenvalue weighted by Gasteiger charge is -2.14. The molecular formula is C21H22FNO3. The Bertz CT molecular complexity index is 771. The molecule has 26 heavy (non-hydrogen) atoms. The smallest absolute Gasteiger partial charge is 0.335 e. The van der Waals surface area contributed by atoms with Crippen LogP contribution in [-0.2, 0) is 11.2 Å². The number of halogens is 1. The SMILES string of the molecule is O=C(CCc1ccc(C(=O)O)cc1)NC1CCC(c2ccc(F)cc2)C1. The van der Waals surface area contributed by atoms with E-state index in [1.54, 1.807) is 24.3 Å². The fraction of sp³-hybridized carbons (Fsp3) is 0.333. The number of hydrogen-bond acceptors (Lipinski definition) is 2. The first-order valence-corrected chi connectivity index (χ1v) is 8.88. The maximum Gasteiger partial charge on any atom is 0.335 e. The van der Waals surface area contributed by atoms with Crippen LogP contribution in [0.3, 0.4) is 0 Å². The number of amides is 1. The average molecular weight is 355 g/mol. The predicted molar refractivity (Wildman–Crippen MR) is 96.6 cm³/mol. The molecule has 0 bridgehead atoms. The summed E-state index contributed by atoms with van der Waals surface area (Å²) in [5.41, 5.74) is 2.32. The van der Waals surface area contributed by atoms with Crippen molar-refractivity contribution in [2.45, 2.75) is 44.1 Å². The van der Waals surface area contributed by atoms with E-state index in [0.29, 0.717) is 18.8 Å². The number of carboxylic acid groups (broad SMARTS) is 1. The van der Waals surface area contributed by atoms with Gasteiger partial charge in [0, 0.05) is 12.5 Å². The Morgan fingerprint density at radius 3 is 2.38 bits per heavy atom. The van der Waals surface area contributed by atoms with Gasteiger partial charge in [0.05, 0.1) is 5.56 Å². The van der Waals surface area contributed by atoms with Gasteiger partial charge in [0.1, 0.15) is 5.82 Å². The van der Waals surface area contributed by atoms with Crippen molar-refractivity contribution in [1.82, 2.24) is 5.32 Å². The molecule has 1 aliphatic rings. The Morgan fingerprint density at radius 2 is 1.73 bits per heavy atom. The molecule has 0 aromatic heterocycles. The largest absolute Gasteiger partial charge is 0.478 e. The number of hydrogen-bond donors (Lipinski definition) is 2. The van der Waals surface area contributed by atoms with Gasteiger partial charge >= 0.3 is 5.97 Å². The highest BCUT2D eigenvalue weighted by atomic mass is 19.1. The maximum atomic E-state index is 13.0. The maximum absolute atomic E-state index is 13.0. The van der Waals surface area contributed by atoms with Gasteiger partial charge < -0.3 is 10.4 Å². The molecule has 0 heterocycles. The predicted octanol–water partition coefficient (Wildman–Crippen LogP) is 3.91. The molecule has 2 aromatic rings. The van der Waals surface area contributed by atoms with Crippen molar-refractivity contribution in [3.8, 4) is 0 Å². The molecule has 0 saturated heterocycles. The molecule has 4 nitrogen and oxygen atoms in total. The van der Waals surface area contributed by atoms with Gasteiger partial charge in [0.2, 0.25) is 5.91 Å². The van der Waals surface area contributed by atoms with Crippen LogP contribution >= 0.6 is 0 Å². The Morgan fingerprint density at radius 1 is 1.04 bits per heavy atom. The molecular weight excluding hydrogens is 333 g/mol. The van der Waals surface area contributed by atoms with Crippen LogP contribution in [0.15, 0.2) is 48.5 Å². The highest BCUT2D eigenvalue weighted by Crippen LogP contribution is 2.34. The molecule has 2 atom stereocenters. The molecule has 1 amide bonds. The lowest BCUT2D eigenvalue weighted by Crippen LogP contribution is -2.33. The lowest BCUT2D eigenvalue weighted by molar-refractivity contribution is -0.121. The zero-order valence-corrected chi connectivity index (χ0v) is 14.5. The molecule has 136 valence electrons. The van der Waals surface area contributed by atoms with E-state index < -0.39 is 5.97 Å². The number of aromatic carboxylic acids is 1. The Labute approximate surface area is 152 Å². The van der Waals surface area contributed by atoms with Crippen molar-refractivity contribution in [3.63, 3.8) is 0 Å². The van der Waals surface area contributed by atoms with Gasteiger partial charge in [-0.2, -0.15) is 0 Å². The summed E-state index contributed by atoms with van der Waals surface area (Å²) in [6.07, 6.45) is 3.77. The highest BCUT2D eigenvalue weighted by Gasteiger charge is 2.26. The van der Waals surface area contributed by atoms with Crippen molar-refractivity contribution in [3.05, 3.63) is 71.0 Å².